The summed E-state index contributed by atoms with van der Waals surface area (Å²) in [6.07, 6.45) is -5.69. The van der Waals surface area contributed by atoms with Crippen LogP contribution in [-0.4, -0.2) is 42.6 Å². The average Bonchev–Trinajstić information content (AvgIpc) is 1.52. The van der Waals surface area contributed by atoms with Gasteiger partial charge in [0.25, 0.3) is 0 Å². The molecule has 2 spiro atoms. The van der Waals surface area contributed by atoms with Crippen molar-refractivity contribution in [3.63, 3.8) is 0 Å². The van der Waals surface area contributed by atoms with Crippen LogP contribution in [0.2, 0.25) is 0 Å². The van der Waals surface area contributed by atoms with Crippen LogP contribution in [0, 0.1) is 16.2 Å². The van der Waals surface area contributed by atoms with Crippen LogP contribution >= 0.6 is 0 Å². The largest absolute Gasteiger partial charge is 0.585 e. The second-order valence-corrected chi connectivity index (χ2v) is 28.3. The lowest BCUT2D eigenvalue weighted by atomic mass is 9.67. The lowest BCUT2D eigenvalue weighted by Crippen LogP contribution is -2.40. The molecule has 100 heavy (non-hydrogen) atoms. The van der Waals surface area contributed by atoms with Gasteiger partial charge in [-0.2, -0.15) is 26.3 Å². The van der Waals surface area contributed by atoms with Crippen molar-refractivity contribution in [1.29, 1.82) is 0 Å². The van der Waals surface area contributed by atoms with E-state index in [1.54, 1.807) is 13.8 Å². The molecule has 0 saturated heterocycles. The van der Waals surface area contributed by atoms with Crippen LogP contribution in [0.3, 0.4) is 0 Å². The van der Waals surface area contributed by atoms with Gasteiger partial charge >= 0.3 is 30.2 Å². The van der Waals surface area contributed by atoms with Crippen molar-refractivity contribution in [1.82, 2.24) is 0 Å². The van der Waals surface area contributed by atoms with Gasteiger partial charge in [-0.1, -0.05) is 137 Å². The highest BCUT2D eigenvalue weighted by Gasteiger charge is 2.66. The standard InChI is InChI=1S/C20H20O.C17H16O2.C12H20O.C8H12F2O.C7H12O2.C6H6F4O.C5H6F2O2.C5H8O2/c1-13-14(2)21-20(19(13,3)4)17-11-7-5-9-15(17)16-10-6-8-12-18(16)20;1-13-14(2)19-17(18-13,15-9-5-3-6-10-15)16-11-7-4-8-12-16;1-9-10(2)13-12(11(9,3)4)7-5-6-8-12;1-5-6(2)11-8(9,10)7(5,3)4;1-5-6(2)9-7(3,4)8-5;1-3-4(2)11-6(9,10)5(3,7)8;1-3-4(2)9-5(6,7)8-3;1-4-5(2)7-3-6-4/h5-12H,1-4H3;3-12H,1-2H3;5-8H2,1-4H3;1-4H3;1-4H3;1-2H3;1-2H3;3H2,1-2H3. The van der Waals surface area contributed by atoms with E-state index in [1.165, 1.54) is 92.5 Å². The molecule has 1 fully saturated rings. The first-order valence-corrected chi connectivity index (χ1v) is 33.5. The second kappa shape index (κ2) is 29.1. The second-order valence-electron chi connectivity index (χ2n) is 28.3. The molecule has 2 aliphatic carbocycles. The smallest absolute Gasteiger partial charge is 0.491 e. The van der Waals surface area contributed by atoms with E-state index in [0.29, 0.717) is 18.1 Å². The highest BCUT2D eigenvalue weighted by atomic mass is 19.3. The number of hydrogen-bond donors (Lipinski definition) is 0. The Morgan fingerprint density at radius 2 is 0.640 bits per heavy atom. The normalized spacial score (nSPS) is 22.9. The zero-order chi connectivity index (χ0) is 75.0. The summed E-state index contributed by atoms with van der Waals surface area (Å²) < 4.78 is 161. The van der Waals surface area contributed by atoms with Gasteiger partial charge in [-0.3, -0.25) is 0 Å². The van der Waals surface area contributed by atoms with Crippen molar-refractivity contribution >= 4 is 0 Å². The third-order valence-electron chi connectivity index (χ3n) is 20.8. The minimum Gasteiger partial charge on any atom is -0.491 e. The highest BCUT2D eigenvalue weighted by Crippen LogP contribution is 2.65. The summed E-state index contributed by atoms with van der Waals surface area (Å²) in [6, 6.07) is 37.4. The molecule has 0 radical (unpaired) electrons. The van der Waals surface area contributed by atoms with Crippen LogP contribution < -0.4 is 0 Å². The van der Waals surface area contributed by atoms with Gasteiger partial charge < -0.3 is 56.8 Å². The SMILES string of the molecule is CC1=C(C)C(C)(C)C(F)(F)O1.CC1=C(C)C(C)(C)C2(CCCC2)O1.CC1=C(C)C(C)(C)C2(O1)c1ccccc1-c1ccccc12.CC1=C(C)C(F)(F)C(F)(F)O1.CC1=C(C)OC(C)(C)O1.CC1=C(C)OC(F)(F)O1.CC1=C(C)OC(c2ccccc2)(c2ccccc2)O1.CC1=C(C)OCO1. The lowest BCUT2D eigenvalue weighted by Gasteiger charge is -2.40. The molecule has 8 heterocycles. The van der Waals surface area contributed by atoms with Gasteiger partial charge in [-0.05, 0) is 178 Å². The van der Waals surface area contributed by atoms with E-state index >= 15 is 0 Å². The van der Waals surface area contributed by atoms with Crippen LogP contribution in [0.4, 0.5) is 35.1 Å². The van der Waals surface area contributed by atoms with Gasteiger partial charge in [0.05, 0.1) is 22.7 Å². The van der Waals surface area contributed by atoms with Crippen molar-refractivity contribution in [2.75, 3.05) is 6.79 Å². The molecular weight excluding hydrogens is 1300 g/mol. The van der Waals surface area contributed by atoms with Gasteiger partial charge in [-0.15, -0.1) is 8.78 Å². The summed E-state index contributed by atoms with van der Waals surface area (Å²) >= 11 is 0. The lowest BCUT2D eigenvalue weighted by molar-refractivity contribution is -0.337. The fourth-order valence-corrected chi connectivity index (χ4v) is 13.0. The number of benzene rings is 4. The summed E-state index contributed by atoms with van der Waals surface area (Å²) in [4.78, 5) is 0. The van der Waals surface area contributed by atoms with E-state index in [0.717, 1.165) is 65.3 Å². The number of alkyl halides is 8. The molecule has 548 valence electrons. The fraction of sp³-hybridized carbons (Fsp3) is 0.500. The third-order valence-corrected chi connectivity index (χ3v) is 20.8. The Hall–Kier alpha value is -8.16. The van der Waals surface area contributed by atoms with Gasteiger partial charge in [0.1, 0.15) is 57.4 Å². The number of halogens is 8. The summed E-state index contributed by atoms with van der Waals surface area (Å²) in [5.74, 6) is 2.25. The maximum absolute atomic E-state index is 13.0. The zero-order valence-corrected chi connectivity index (χ0v) is 62.4. The summed E-state index contributed by atoms with van der Waals surface area (Å²) in [7, 11) is 0. The van der Waals surface area contributed by atoms with Gasteiger partial charge in [0.2, 0.25) is 12.6 Å². The van der Waals surface area contributed by atoms with Crippen LogP contribution in [0.15, 0.2) is 201 Å². The molecule has 0 atom stereocenters. The number of rotatable bonds is 2. The molecule has 4 aromatic rings. The number of ether oxygens (including phenoxy) is 12. The Labute approximate surface area is 585 Å². The first-order valence-electron chi connectivity index (χ1n) is 33.5. The Balaban J connectivity index is 0.000000165. The Morgan fingerprint density at radius 3 is 0.900 bits per heavy atom. The fourth-order valence-electron chi connectivity index (χ4n) is 13.0. The summed E-state index contributed by atoms with van der Waals surface area (Å²) in [5.41, 5.74) is 8.75. The summed E-state index contributed by atoms with van der Waals surface area (Å²) in [6.45, 7) is 44.7. The van der Waals surface area contributed by atoms with Crippen molar-refractivity contribution in [2.45, 2.75) is 239 Å². The Bertz CT molecular complexity index is 3680. The van der Waals surface area contributed by atoms with Crippen LogP contribution in [0.1, 0.15) is 214 Å². The van der Waals surface area contributed by atoms with Gasteiger partial charge in [0.15, 0.2) is 5.60 Å². The molecular formula is C80H100F8O12. The molecule has 8 aliphatic heterocycles. The quantitative estimate of drug-likeness (QED) is 0.178. The van der Waals surface area contributed by atoms with Crippen molar-refractivity contribution < 1.29 is 92.0 Å². The predicted octanol–water partition coefficient (Wildman–Crippen LogP) is 23.7. The van der Waals surface area contributed by atoms with Gasteiger partial charge in [0, 0.05) is 52.5 Å². The molecule has 0 amide bonds. The van der Waals surface area contributed by atoms with Crippen LogP contribution in [0.5, 0.6) is 0 Å². The van der Waals surface area contributed by atoms with E-state index in [-0.39, 0.29) is 33.6 Å². The topological polar surface area (TPSA) is 111 Å². The molecule has 14 rings (SSSR count). The number of allylic oxidation sites excluding steroid dienone is 12. The van der Waals surface area contributed by atoms with E-state index in [9.17, 15) is 35.1 Å². The van der Waals surface area contributed by atoms with Gasteiger partial charge in [-0.25, -0.2) is 0 Å². The molecule has 0 bridgehead atoms. The van der Waals surface area contributed by atoms with Crippen molar-refractivity contribution in [2.24, 2.45) is 16.2 Å². The Kier molecular flexibility index (Phi) is 23.0. The molecule has 10 aliphatic rings. The molecule has 0 N–H and O–H groups in total. The molecule has 1 saturated carbocycles. The monoisotopic (exact) mass is 1400 g/mol. The minimum atomic E-state index is -4.37. The maximum Gasteiger partial charge on any atom is 0.585 e. The van der Waals surface area contributed by atoms with Crippen molar-refractivity contribution in [3.05, 3.63) is 223 Å². The zero-order valence-electron chi connectivity index (χ0n) is 62.4. The molecule has 0 aromatic heterocycles. The van der Waals surface area contributed by atoms with Crippen LogP contribution in [0.25, 0.3) is 11.1 Å². The Morgan fingerprint density at radius 1 is 0.300 bits per heavy atom. The first kappa shape index (κ1) is 79.2. The van der Waals surface area contributed by atoms with E-state index in [4.69, 9.17) is 37.9 Å². The minimum absolute atomic E-state index is 0.0558. The maximum atomic E-state index is 13.0. The van der Waals surface area contributed by atoms with Crippen LogP contribution in [-0.2, 0) is 68.2 Å². The van der Waals surface area contributed by atoms with Crippen molar-refractivity contribution in [3.8, 4) is 11.1 Å². The molecule has 20 heteroatoms. The number of fused-ring (bicyclic) bond motifs is 5. The molecule has 4 aromatic carbocycles. The van der Waals surface area contributed by atoms with E-state index < -0.39 is 52.8 Å². The highest BCUT2D eigenvalue weighted by molar-refractivity contribution is 5.81. The predicted molar refractivity (Wildman–Crippen MR) is 368 cm³/mol. The van der Waals surface area contributed by atoms with E-state index in [2.05, 4.69) is 123 Å². The third kappa shape index (κ3) is 15.4. The van der Waals surface area contributed by atoms with E-state index in [1.807, 2.05) is 116 Å². The molecule has 0 unspecified atom stereocenters. The average molecular weight is 1410 g/mol. The molecule has 12 nitrogen and oxygen atoms in total. The summed E-state index contributed by atoms with van der Waals surface area (Å²) in [5, 5.41) is 0. The number of hydrogen-bond acceptors (Lipinski definition) is 12. The first-order chi connectivity index (χ1) is 46.1.